The summed E-state index contributed by atoms with van der Waals surface area (Å²) in [4.78, 5) is 20.7. The van der Waals surface area contributed by atoms with Crippen LogP contribution in [0.2, 0.25) is 0 Å². The van der Waals surface area contributed by atoms with Crippen LogP contribution in [-0.2, 0) is 0 Å². The van der Waals surface area contributed by atoms with Gasteiger partial charge in [-0.05, 0) is 35.5 Å². The highest BCUT2D eigenvalue weighted by Gasteiger charge is 2.25. The Morgan fingerprint density at radius 2 is 1.73 bits per heavy atom. The van der Waals surface area contributed by atoms with E-state index in [0.717, 1.165) is 60.0 Å². The summed E-state index contributed by atoms with van der Waals surface area (Å²) in [5.74, 6) is 0.896. The molecular formula is C22H23N7O. The molecule has 0 radical (unpaired) electrons. The SMILES string of the molecule is Cc1[nH]c2ccccc2c1C(=O)CN1CCN(c2nnnn2-c2ccccc2)CC1. The van der Waals surface area contributed by atoms with Crippen molar-refractivity contribution in [3.63, 3.8) is 0 Å². The van der Waals surface area contributed by atoms with Crippen molar-refractivity contribution >= 4 is 22.6 Å². The number of benzene rings is 2. The molecule has 0 bridgehead atoms. The Morgan fingerprint density at radius 1 is 1.00 bits per heavy atom. The van der Waals surface area contributed by atoms with E-state index in [9.17, 15) is 4.79 Å². The number of para-hydroxylation sites is 2. The maximum atomic E-state index is 13.0. The summed E-state index contributed by atoms with van der Waals surface area (Å²) in [6.45, 7) is 5.50. The number of aromatic amines is 1. The molecule has 0 unspecified atom stereocenters. The van der Waals surface area contributed by atoms with Gasteiger partial charge in [0.15, 0.2) is 5.78 Å². The quantitative estimate of drug-likeness (QED) is 0.517. The van der Waals surface area contributed by atoms with Crippen molar-refractivity contribution in [1.82, 2.24) is 30.1 Å². The van der Waals surface area contributed by atoms with Crippen molar-refractivity contribution in [2.75, 3.05) is 37.6 Å². The number of carbonyl (C=O) groups excluding carboxylic acids is 1. The number of nitrogens with zero attached hydrogens (tertiary/aromatic N) is 6. The molecule has 8 nitrogen and oxygen atoms in total. The number of H-pyrrole nitrogens is 1. The van der Waals surface area contributed by atoms with Gasteiger partial charge in [0, 0.05) is 48.3 Å². The maximum absolute atomic E-state index is 13.0. The normalized spacial score (nSPS) is 15.0. The number of anilines is 1. The summed E-state index contributed by atoms with van der Waals surface area (Å²) in [6, 6.07) is 17.8. The van der Waals surface area contributed by atoms with Gasteiger partial charge in [0.05, 0.1) is 12.2 Å². The molecule has 2 aromatic carbocycles. The highest BCUT2D eigenvalue weighted by atomic mass is 16.1. The molecule has 4 aromatic rings. The molecule has 0 saturated carbocycles. The van der Waals surface area contributed by atoms with Gasteiger partial charge in [-0.2, -0.15) is 4.68 Å². The van der Waals surface area contributed by atoms with E-state index in [1.54, 1.807) is 4.68 Å². The van der Waals surface area contributed by atoms with Crippen LogP contribution in [0.3, 0.4) is 0 Å². The summed E-state index contributed by atoms with van der Waals surface area (Å²) in [5.41, 5.74) is 3.68. The average molecular weight is 401 g/mol. The monoisotopic (exact) mass is 401 g/mol. The van der Waals surface area contributed by atoms with E-state index >= 15 is 0 Å². The third kappa shape index (κ3) is 3.35. The fourth-order valence-electron chi connectivity index (χ4n) is 4.14. The van der Waals surface area contributed by atoms with Crippen LogP contribution in [-0.4, -0.2) is 68.6 Å². The van der Waals surface area contributed by atoms with Gasteiger partial charge in [-0.25, -0.2) is 0 Å². The molecule has 0 spiro atoms. The third-order valence-corrected chi connectivity index (χ3v) is 5.65. The van der Waals surface area contributed by atoms with Gasteiger partial charge in [-0.15, -0.1) is 0 Å². The number of aryl methyl sites for hydroxylation is 1. The Balaban J connectivity index is 1.27. The fraction of sp³-hybridized carbons (Fsp3) is 0.273. The molecule has 2 aromatic heterocycles. The average Bonchev–Trinajstić information content (AvgIpc) is 3.39. The topological polar surface area (TPSA) is 82.9 Å². The second-order valence-electron chi connectivity index (χ2n) is 7.58. The van der Waals surface area contributed by atoms with Gasteiger partial charge in [-0.3, -0.25) is 9.69 Å². The largest absolute Gasteiger partial charge is 0.358 e. The predicted molar refractivity (Wildman–Crippen MR) is 115 cm³/mol. The van der Waals surface area contributed by atoms with Gasteiger partial charge in [0.2, 0.25) is 5.95 Å². The van der Waals surface area contributed by atoms with Crippen LogP contribution in [0, 0.1) is 6.92 Å². The third-order valence-electron chi connectivity index (χ3n) is 5.65. The number of Topliss-reactive ketones (excluding diaryl/α,β-unsaturated/α-hetero) is 1. The summed E-state index contributed by atoms with van der Waals surface area (Å²) >= 11 is 0. The van der Waals surface area contributed by atoms with Gasteiger partial charge in [-0.1, -0.05) is 41.5 Å². The molecule has 1 aliphatic heterocycles. The summed E-state index contributed by atoms with van der Waals surface area (Å²) < 4.78 is 1.76. The van der Waals surface area contributed by atoms with Crippen molar-refractivity contribution in [2.45, 2.75) is 6.92 Å². The van der Waals surface area contributed by atoms with E-state index < -0.39 is 0 Å². The standard InChI is InChI=1S/C22H23N7O/c1-16-21(18-9-5-6-10-19(18)23-16)20(30)15-27-11-13-28(14-12-27)22-24-25-26-29(22)17-7-3-2-4-8-17/h2-10,23H,11-15H2,1H3. The molecule has 5 rings (SSSR count). The number of tetrazole rings is 1. The molecule has 1 aliphatic rings. The molecule has 1 N–H and O–H groups in total. The fourth-order valence-corrected chi connectivity index (χ4v) is 4.14. The smallest absolute Gasteiger partial charge is 0.250 e. The number of aromatic nitrogens is 5. The van der Waals surface area contributed by atoms with Crippen molar-refractivity contribution < 1.29 is 4.79 Å². The number of ketones is 1. The minimum absolute atomic E-state index is 0.160. The Morgan fingerprint density at radius 3 is 2.53 bits per heavy atom. The maximum Gasteiger partial charge on any atom is 0.250 e. The first-order chi connectivity index (χ1) is 14.7. The minimum Gasteiger partial charge on any atom is -0.358 e. The Hall–Kier alpha value is -3.52. The van der Waals surface area contributed by atoms with Gasteiger partial charge < -0.3 is 9.88 Å². The number of rotatable bonds is 5. The van der Waals surface area contributed by atoms with Crippen molar-refractivity contribution in [2.24, 2.45) is 0 Å². The number of piperazine rings is 1. The van der Waals surface area contributed by atoms with Gasteiger partial charge in [0.1, 0.15) is 0 Å². The molecule has 1 fully saturated rings. The molecule has 0 aliphatic carbocycles. The lowest BCUT2D eigenvalue weighted by atomic mass is 10.1. The predicted octanol–water partition coefficient (Wildman–Crippen LogP) is 2.46. The van der Waals surface area contributed by atoms with Crippen LogP contribution in [0.4, 0.5) is 5.95 Å². The summed E-state index contributed by atoms with van der Waals surface area (Å²) in [6.07, 6.45) is 0. The van der Waals surface area contributed by atoms with Crippen molar-refractivity contribution in [3.05, 3.63) is 65.9 Å². The van der Waals surface area contributed by atoms with Crippen LogP contribution in [0.1, 0.15) is 16.1 Å². The molecule has 0 atom stereocenters. The lowest BCUT2D eigenvalue weighted by Crippen LogP contribution is -2.48. The molecular weight excluding hydrogens is 378 g/mol. The second-order valence-corrected chi connectivity index (χ2v) is 7.58. The zero-order chi connectivity index (χ0) is 20.5. The van der Waals surface area contributed by atoms with Crippen LogP contribution >= 0.6 is 0 Å². The van der Waals surface area contributed by atoms with E-state index in [4.69, 9.17) is 0 Å². The zero-order valence-electron chi connectivity index (χ0n) is 16.8. The van der Waals surface area contributed by atoms with Crippen molar-refractivity contribution in [3.8, 4) is 5.69 Å². The molecule has 152 valence electrons. The highest BCUT2D eigenvalue weighted by Crippen LogP contribution is 2.23. The van der Waals surface area contributed by atoms with Crippen molar-refractivity contribution in [1.29, 1.82) is 0 Å². The summed E-state index contributed by atoms with van der Waals surface area (Å²) in [7, 11) is 0. The number of hydrogen-bond donors (Lipinski definition) is 1. The molecule has 3 heterocycles. The van der Waals surface area contributed by atoms with Crippen LogP contribution in [0.15, 0.2) is 54.6 Å². The number of carbonyl (C=O) groups is 1. The zero-order valence-corrected chi connectivity index (χ0v) is 16.8. The van der Waals surface area contributed by atoms with Crippen LogP contribution in [0.25, 0.3) is 16.6 Å². The number of fused-ring (bicyclic) bond motifs is 1. The van der Waals surface area contributed by atoms with E-state index in [1.807, 2.05) is 61.5 Å². The minimum atomic E-state index is 0.160. The molecule has 30 heavy (non-hydrogen) atoms. The van der Waals surface area contributed by atoms with E-state index in [1.165, 1.54) is 0 Å². The Labute approximate surface area is 174 Å². The molecule has 8 heteroatoms. The number of nitrogens with one attached hydrogen (secondary N) is 1. The van der Waals surface area contributed by atoms with E-state index in [-0.39, 0.29) is 5.78 Å². The molecule has 1 saturated heterocycles. The number of hydrogen-bond acceptors (Lipinski definition) is 6. The second kappa shape index (κ2) is 7.72. The highest BCUT2D eigenvalue weighted by molar-refractivity contribution is 6.10. The van der Waals surface area contributed by atoms with Gasteiger partial charge in [0.25, 0.3) is 0 Å². The Bertz CT molecular complexity index is 1170. The van der Waals surface area contributed by atoms with Gasteiger partial charge >= 0.3 is 0 Å². The first kappa shape index (κ1) is 18.5. The summed E-state index contributed by atoms with van der Waals surface area (Å²) in [5, 5.41) is 13.2. The van der Waals surface area contributed by atoms with E-state index in [2.05, 4.69) is 30.3 Å². The van der Waals surface area contributed by atoms with E-state index in [0.29, 0.717) is 6.54 Å². The van der Waals surface area contributed by atoms with Crippen LogP contribution in [0.5, 0.6) is 0 Å². The van der Waals surface area contributed by atoms with Crippen LogP contribution < -0.4 is 4.90 Å². The Kier molecular flexibility index (Phi) is 4.76. The first-order valence-electron chi connectivity index (χ1n) is 10.1. The molecule has 0 amide bonds. The lowest BCUT2D eigenvalue weighted by molar-refractivity contribution is 0.0927. The lowest BCUT2D eigenvalue weighted by Gasteiger charge is -2.34. The first-order valence-corrected chi connectivity index (χ1v) is 10.1.